The van der Waals surface area contributed by atoms with E-state index >= 15 is 0 Å². The molecule has 0 saturated heterocycles. The molecule has 0 heterocycles. The van der Waals surface area contributed by atoms with Crippen LogP contribution in [0.1, 0.15) is 34.6 Å². The predicted octanol–water partition coefficient (Wildman–Crippen LogP) is 2.93. The summed E-state index contributed by atoms with van der Waals surface area (Å²) in [5, 5.41) is 0. The lowest BCUT2D eigenvalue weighted by Gasteiger charge is -2.23. The molecular weight excluding hydrogens is 146 g/mol. The number of hydrogen-bond acceptors (Lipinski definition) is 1. The third-order valence-electron chi connectivity index (χ3n) is 2.66. The van der Waals surface area contributed by atoms with E-state index in [0.29, 0.717) is 5.92 Å². The van der Waals surface area contributed by atoms with E-state index in [0.717, 1.165) is 13.1 Å². The van der Waals surface area contributed by atoms with Gasteiger partial charge in [-0.05, 0) is 32.9 Å². The highest BCUT2D eigenvalue weighted by Crippen LogP contribution is 2.10. The third kappa shape index (κ3) is 3.91. The van der Waals surface area contributed by atoms with Crippen LogP contribution in [-0.2, 0) is 0 Å². The molecule has 1 unspecified atom stereocenters. The van der Waals surface area contributed by atoms with Gasteiger partial charge in [0, 0.05) is 6.54 Å². The molecule has 0 fully saturated rings. The summed E-state index contributed by atoms with van der Waals surface area (Å²) >= 11 is 0. The zero-order valence-corrected chi connectivity index (χ0v) is 9.22. The molecular formula is C11H23N. The van der Waals surface area contributed by atoms with Gasteiger partial charge in [-0.15, -0.1) is 0 Å². The van der Waals surface area contributed by atoms with Gasteiger partial charge in [0.25, 0.3) is 0 Å². The molecule has 0 bridgehead atoms. The number of hydrogen-bond donors (Lipinski definition) is 0. The zero-order valence-electron chi connectivity index (χ0n) is 9.22. The van der Waals surface area contributed by atoms with Crippen LogP contribution in [0.5, 0.6) is 0 Å². The summed E-state index contributed by atoms with van der Waals surface area (Å²) in [4.78, 5) is 2.47. The van der Waals surface area contributed by atoms with E-state index in [1.54, 1.807) is 0 Å². The normalized spacial score (nSPS) is 15.3. The smallest absolute Gasteiger partial charge is 0.00440 e. The second kappa shape index (κ2) is 6.24. The summed E-state index contributed by atoms with van der Waals surface area (Å²) in [6, 6.07) is 0. The molecule has 1 heteroatoms. The van der Waals surface area contributed by atoms with E-state index in [4.69, 9.17) is 0 Å². The summed E-state index contributed by atoms with van der Waals surface area (Å²) in [7, 11) is 0. The van der Waals surface area contributed by atoms with Gasteiger partial charge >= 0.3 is 0 Å². The van der Waals surface area contributed by atoms with Crippen molar-refractivity contribution in [3.8, 4) is 0 Å². The Morgan fingerprint density at radius 1 is 1.33 bits per heavy atom. The molecule has 0 aliphatic heterocycles. The fraction of sp³-hybridized carbons (Fsp3) is 0.818. The summed E-state index contributed by atoms with van der Waals surface area (Å²) in [6.07, 6.45) is 2.22. The zero-order chi connectivity index (χ0) is 9.56. The minimum Gasteiger partial charge on any atom is -0.303 e. The molecule has 1 nitrogen and oxygen atoms in total. The highest BCUT2D eigenvalue weighted by Gasteiger charge is 2.07. The Kier molecular flexibility index (Phi) is 6.09. The Bertz CT molecular complexity index is 134. The van der Waals surface area contributed by atoms with Crippen molar-refractivity contribution in [1.29, 1.82) is 0 Å². The molecule has 0 N–H and O–H groups in total. The van der Waals surface area contributed by atoms with Gasteiger partial charge in [0.1, 0.15) is 0 Å². The molecule has 0 rings (SSSR count). The first-order valence-electron chi connectivity index (χ1n) is 5.00. The lowest BCUT2D eigenvalue weighted by molar-refractivity contribution is 0.275. The van der Waals surface area contributed by atoms with E-state index in [2.05, 4.69) is 45.6 Å². The van der Waals surface area contributed by atoms with E-state index in [1.165, 1.54) is 12.1 Å². The first-order chi connectivity index (χ1) is 5.65. The Hall–Kier alpha value is -0.300. The number of allylic oxidation sites excluding steroid dienone is 1. The van der Waals surface area contributed by atoms with Crippen molar-refractivity contribution in [3.05, 3.63) is 11.6 Å². The van der Waals surface area contributed by atoms with Gasteiger partial charge in [0.05, 0.1) is 0 Å². The van der Waals surface area contributed by atoms with Crippen molar-refractivity contribution in [2.45, 2.75) is 34.6 Å². The fourth-order valence-corrected chi connectivity index (χ4v) is 1.30. The molecule has 0 saturated carbocycles. The standard InChI is InChI=1S/C11H23N/c1-6-10(4)11(5)9-12(7-2)8-3/h6,11H,7-9H2,1-5H3/b10-6-. The minimum absolute atomic E-state index is 0.704. The topological polar surface area (TPSA) is 3.24 Å². The fourth-order valence-electron chi connectivity index (χ4n) is 1.30. The molecule has 0 radical (unpaired) electrons. The first kappa shape index (κ1) is 11.7. The monoisotopic (exact) mass is 169 g/mol. The van der Waals surface area contributed by atoms with Crippen molar-refractivity contribution >= 4 is 0 Å². The number of nitrogens with zero attached hydrogens (tertiary/aromatic N) is 1. The summed E-state index contributed by atoms with van der Waals surface area (Å²) in [5.74, 6) is 0.704. The maximum atomic E-state index is 2.47. The summed E-state index contributed by atoms with van der Waals surface area (Å²) in [5.41, 5.74) is 1.50. The van der Waals surface area contributed by atoms with Gasteiger partial charge in [-0.1, -0.05) is 32.4 Å². The third-order valence-corrected chi connectivity index (χ3v) is 2.66. The second-order valence-corrected chi connectivity index (χ2v) is 3.42. The van der Waals surface area contributed by atoms with Crippen LogP contribution in [0.15, 0.2) is 11.6 Å². The molecule has 0 aromatic rings. The van der Waals surface area contributed by atoms with Gasteiger partial charge < -0.3 is 4.90 Å². The van der Waals surface area contributed by atoms with Crippen LogP contribution in [0, 0.1) is 5.92 Å². The quantitative estimate of drug-likeness (QED) is 0.572. The molecule has 0 aliphatic rings. The van der Waals surface area contributed by atoms with Gasteiger partial charge in [-0.25, -0.2) is 0 Å². The molecule has 12 heavy (non-hydrogen) atoms. The molecule has 72 valence electrons. The van der Waals surface area contributed by atoms with Crippen molar-refractivity contribution in [2.24, 2.45) is 5.92 Å². The average molecular weight is 169 g/mol. The lowest BCUT2D eigenvalue weighted by Crippen LogP contribution is -2.28. The van der Waals surface area contributed by atoms with Crippen LogP contribution in [0.4, 0.5) is 0 Å². The van der Waals surface area contributed by atoms with E-state index < -0.39 is 0 Å². The van der Waals surface area contributed by atoms with Crippen molar-refractivity contribution in [1.82, 2.24) is 4.90 Å². The van der Waals surface area contributed by atoms with Crippen molar-refractivity contribution in [2.75, 3.05) is 19.6 Å². The molecule has 0 aromatic heterocycles. The Morgan fingerprint density at radius 2 is 1.83 bits per heavy atom. The summed E-state index contributed by atoms with van der Waals surface area (Å²) in [6.45, 7) is 14.6. The minimum atomic E-state index is 0.704. The van der Waals surface area contributed by atoms with Crippen molar-refractivity contribution in [3.63, 3.8) is 0 Å². The number of rotatable bonds is 5. The van der Waals surface area contributed by atoms with E-state index in [-0.39, 0.29) is 0 Å². The largest absolute Gasteiger partial charge is 0.303 e. The van der Waals surface area contributed by atoms with Crippen LogP contribution in [0.2, 0.25) is 0 Å². The molecule has 0 amide bonds. The highest BCUT2D eigenvalue weighted by atomic mass is 15.1. The van der Waals surface area contributed by atoms with Crippen LogP contribution in [-0.4, -0.2) is 24.5 Å². The lowest BCUT2D eigenvalue weighted by atomic mass is 10.0. The van der Waals surface area contributed by atoms with Crippen LogP contribution in [0.3, 0.4) is 0 Å². The van der Waals surface area contributed by atoms with Crippen molar-refractivity contribution < 1.29 is 0 Å². The second-order valence-electron chi connectivity index (χ2n) is 3.42. The molecule has 0 aliphatic carbocycles. The maximum absolute atomic E-state index is 2.47. The van der Waals surface area contributed by atoms with Crippen LogP contribution in [0.25, 0.3) is 0 Å². The highest BCUT2D eigenvalue weighted by molar-refractivity contribution is 5.00. The SMILES string of the molecule is C/C=C(/C)C(C)CN(CC)CC. The Balaban J connectivity index is 3.89. The van der Waals surface area contributed by atoms with Gasteiger partial charge in [-0.2, -0.15) is 0 Å². The maximum Gasteiger partial charge on any atom is 0.00440 e. The van der Waals surface area contributed by atoms with Gasteiger partial charge in [0.15, 0.2) is 0 Å². The van der Waals surface area contributed by atoms with Crippen LogP contribution < -0.4 is 0 Å². The van der Waals surface area contributed by atoms with Gasteiger partial charge in [0.2, 0.25) is 0 Å². The Morgan fingerprint density at radius 3 is 2.17 bits per heavy atom. The Labute approximate surface area is 77.5 Å². The predicted molar refractivity (Wildman–Crippen MR) is 56.4 cm³/mol. The molecule has 0 spiro atoms. The molecule has 1 atom stereocenters. The first-order valence-corrected chi connectivity index (χ1v) is 5.00. The van der Waals surface area contributed by atoms with Gasteiger partial charge in [-0.3, -0.25) is 0 Å². The summed E-state index contributed by atoms with van der Waals surface area (Å²) < 4.78 is 0. The van der Waals surface area contributed by atoms with Crippen LogP contribution >= 0.6 is 0 Å². The van der Waals surface area contributed by atoms with E-state index in [1.807, 2.05) is 0 Å². The van der Waals surface area contributed by atoms with E-state index in [9.17, 15) is 0 Å². The average Bonchev–Trinajstić information content (AvgIpc) is 2.12. The molecule has 0 aromatic carbocycles.